The van der Waals surface area contributed by atoms with Gasteiger partial charge in [0.2, 0.25) is 5.95 Å². The van der Waals surface area contributed by atoms with Crippen LogP contribution in [0.3, 0.4) is 0 Å². The zero-order chi connectivity index (χ0) is 18.5. The SMILES string of the molecule is Cc1ccc(Nc2nccc(Nc3ccc(OC(C)C)cc3)n2)c(C)c1. The van der Waals surface area contributed by atoms with Crippen molar-refractivity contribution in [3.8, 4) is 5.75 Å². The molecule has 0 bridgehead atoms. The standard InChI is InChI=1S/C21H24N4O/c1-14(2)26-18-8-6-17(7-9-18)23-20-11-12-22-21(25-20)24-19-10-5-15(3)13-16(19)4/h5-14H,1-4H3,(H2,22,23,24,25). The van der Waals surface area contributed by atoms with Crippen molar-refractivity contribution in [1.29, 1.82) is 0 Å². The molecule has 0 aliphatic heterocycles. The normalized spacial score (nSPS) is 10.7. The molecule has 0 saturated carbocycles. The summed E-state index contributed by atoms with van der Waals surface area (Å²) >= 11 is 0. The average molecular weight is 348 g/mol. The van der Waals surface area contributed by atoms with E-state index in [0.717, 1.165) is 28.5 Å². The van der Waals surface area contributed by atoms with Gasteiger partial charge in [0.15, 0.2) is 0 Å². The van der Waals surface area contributed by atoms with E-state index in [9.17, 15) is 0 Å². The molecule has 1 heterocycles. The van der Waals surface area contributed by atoms with Crippen LogP contribution in [0.5, 0.6) is 5.75 Å². The molecule has 0 unspecified atom stereocenters. The van der Waals surface area contributed by atoms with Crippen molar-refractivity contribution >= 4 is 23.1 Å². The number of hydrogen-bond acceptors (Lipinski definition) is 5. The number of nitrogens with one attached hydrogen (secondary N) is 2. The molecular formula is C21H24N4O. The Morgan fingerprint density at radius 1 is 0.923 bits per heavy atom. The maximum Gasteiger partial charge on any atom is 0.229 e. The molecule has 5 heteroatoms. The van der Waals surface area contributed by atoms with E-state index in [1.165, 1.54) is 5.56 Å². The van der Waals surface area contributed by atoms with E-state index in [-0.39, 0.29) is 6.10 Å². The van der Waals surface area contributed by atoms with Gasteiger partial charge in [0.05, 0.1) is 6.10 Å². The zero-order valence-electron chi connectivity index (χ0n) is 15.6. The Hall–Kier alpha value is -3.08. The number of aromatic nitrogens is 2. The van der Waals surface area contributed by atoms with Gasteiger partial charge >= 0.3 is 0 Å². The molecule has 0 spiro atoms. The molecule has 0 fully saturated rings. The topological polar surface area (TPSA) is 59.1 Å². The predicted octanol–water partition coefficient (Wildman–Crippen LogP) is 5.37. The first kappa shape index (κ1) is 17.7. The van der Waals surface area contributed by atoms with Crippen LogP contribution < -0.4 is 15.4 Å². The van der Waals surface area contributed by atoms with Crippen molar-refractivity contribution in [3.63, 3.8) is 0 Å². The highest BCUT2D eigenvalue weighted by Gasteiger charge is 2.04. The summed E-state index contributed by atoms with van der Waals surface area (Å²) in [5.74, 6) is 2.14. The number of anilines is 4. The van der Waals surface area contributed by atoms with Crippen molar-refractivity contribution in [2.75, 3.05) is 10.6 Å². The second-order valence-electron chi connectivity index (χ2n) is 6.52. The smallest absolute Gasteiger partial charge is 0.229 e. The van der Waals surface area contributed by atoms with Gasteiger partial charge in [-0.25, -0.2) is 4.98 Å². The fourth-order valence-corrected chi connectivity index (χ4v) is 2.60. The summed E-state index contributed by atoms with van der Waals surface area (Å²) in [5, 5.41) is 6.56. The Balaban J connectivity index is 1.71. The first-order valence-electron chi connectivity index (χ1n) is 8.70. The van der Waals surface area contributed by atoms with Crippen LogP contribution in [0.25, 0.3) is 0 Å². The van der Waals surface area contributed by atoms with Gasteiger partial charge in [-0.3, -0.25) is 0 Å². The monoisotopic (exact) mass is 348 g/mol. The molecule has 0 saturated heterocycles. The third-order valence-electron chi connectivity index (χ3n) is 3.78. The first-order chi connectivity index (χ1) is 12.5. The molecule has 0 atom stereocenters. The van der Waals surface area contributed by atoms with Crippen LogP contribution in [0.2, 0.25) is 0 Å². The number of benzene rings is 2. The Morgan fingerprint density at radius 3 is 2.38 bits per heavy atom. The largest absolute Gasteiger partial charge is 0.491 e. The maximum atomic E-state index is 5.66. The molecular weight excluding hydrogens is 324 g/mol. The summed E-state index contributed by atoms with van der Waals surface area (Å²) < 4.78 is 5.66. The fraction of sp³-hybridized carbons (Fsp3) is 0.238. The van der Waals surface area contributed by atoms with Crippen LogP contribution in [0.4, 0.5) is 23.1 Å². The van der Waals surface area contributed by atoms with Crippen LogP contribution in [-0.4, -0.2) is 16.1 Å². The van der Waals surface area contributed by atoms with E-state index < -0.39 is 0 Å². The van der Waals surface area contributed by atoms with E-state index in [0.29, 0.717) is 5.95 Å². The molecule has 134 valence electrons. The van der Waals surface area contributed by atoms with Crippen molar-refractivity contribution < 1.29 is 4.74 Å². The van der Waals surface area contributed by atoms with Gasteiger partial charge in [0, 0.05) is 17.6 Å². The highest BCUT2D eigenvalue weighted by atomic mass is 16.5. The molecule has 2 aromatic carbocycles. The number of rotatable bonds is 6. The number of ether oxygens (including phenoxy) is 1. The summed E-state index contributed by atoms with van der Waals surface area (Å²) in [5.41, 5.74) is 4.34. The summed E-state index contributed by atoms with van der Waals surface area (Å²) in [7, 11) is 0. The highest BCUT2D eigenvalue weighted by molar-refractivity contribution is 5.62. The van der Waals surface area contributed by atoms with Crippen molar-refractivity contribution in [2.24, 2.45) is 0 Å². The molecule has 26 heavy (non-hydrogen) atoms. The minimum atomic E-state index is 0.162. The number of hydrogen-bond donors (Lipinski definition) is 2. The van der Waals surface area contributed by atoms with Gasteiger partial charge in [-0.15, -0.1) is 0 Å². The van der Waals surface area contributed by atoms with Crippen LogP contribution in [-0.2, 0) is 0 Å². The summed E-state index contributed by atoms with van der Waals surface area (Å²) in [6.07, 6.45) is 1.90. The lowest BCUT2D eigenvalue weighted by Crippen LogP contribution is -2.05. The highest BCUT2D eigenvalue weighted by Crippen LogP contribution is 2.22. The lowest BCUT2D eigenvalue weighted by atomic mass is 10.1. The van der Waals surface area contributed by atoms with E-state index >= 15 is 0 Å². The molecule has 3 rings (SSSR count). The first-order valence-corrected chi connectivity index (χ1v) is 8.70. The Morgan fingerprint density at radius 2 is 1.69 bits per heavy atom. The second kappa shape index (κ2) is 7.87. The number of nitrogens with zero attached hydrogens (tertiary/aromatic N) is 2. The van der Waals surface area contributed by atoms with E-state index in [4.69, 9.17) is 4.74 Å². The van der Waals surface area contributed by atoms with Crippen molar-refractivity contribution in [1.82, 2.24) is 9.97 Å². The van der Waals surface area contributed by atoms with Crippen molar-refractivity contribution in [2.45, 2.75) is 33.8 Å². The average Bonchev–Trinajstić information content (AvgIpc) is 2.59. The summed E-state index contributed by atoms with van der Waals surface area (Å²) in [6, 6.07) is 15.9. The van der Waals surface area contributed by atoms with Gasteiger partial charge in [0.25, 0.3) is 0 Å². The minimum Gasteiger partial charge on any atom is -0.491 e. The van der Waals surface area contributed by atoms with Gasteiger partial charge in [0.1, 0.15) is 11.6 Å². The molecule has 0 aliphatic rings. The van der Waals surface area contributed by atoms with E-state index in [1.807, 2.05) is 50.2 Å². The van der Waals surface area contributed by atoms with E-state index in [2.05, 4.69) is 46.6 Å². The van der Waals surface area contributed by atoms with Gasteiger partial charge in [-0.1, -0.05) is 17.7 Å². The minimum absolute atomic E-state index is 0.162. The molecule has 3 aromatic rings. The van der Waals surface area contributed by atoms with Gasteiger partial charge in [-0.05, 0) is 69.7 Å². The Labute approximate surface area is 154 Å². The third-order valence-corrected chi connectivity index (χ3v) is 3.78. The summed E-state index contributed by atoms with van der Waals surface area (Å²) in [6.45, 7) is 8.17. The fourth-order valence-electron chi connectivity index (χ4n) is 2.60. The molecule has 5 nitrogen and oxygen atoms in total. The Bertz CT molecular complexity index is 875. The molecule has 0 aliphatic carbocycles. The predicted molar refractivity (Wildman–Crippen MR) is 107 cm³/mol. The molecule has 1 aromatic heterocycles. The third kappa shape index (κ3) is 4.72. The Kier molecular flexibility index (Phi) is 5.37. The van der Waals surface area contributed by atoms with Crippen molar-refractivity contribution in [3.05, 3.63) is 65.9 Å². The van der Waals surface area contributed by atoms with Crippen LogP contribution >= 0.6 is 0 Å². The zero-order valence-corrected chi connectivity index (χ0v) is 15.6. The molecule has 0 radical (unpaired) electrons. The quantitative estimate of drug-likeness (QED) is 0.627. The van der Waals surface area contributed by atoms with Crippen LogP contribution in [0.15, 0.2) is 54.7 Å². The molecule has 2 N–H and O–H groups in total. The van der Waals surface area contributed by atoms with E-state index in [1.54, 1.807) is 6.20 Å². The second-order valence-corrected chi connectivity index (χ2v) is 6.52. The summed E-state index contributed by atoms with van der Waals surface area (Å²) in [4.78, 5) is 8.84. The number of aryl methyl sites for hydroxylation is 2. The maximum absolute atomic E-state index is 5.66. The van der Waals surface area contributed by atoms with Gasteiger partial charge < -0.3 is 15.4 Å². The molecule has 0 amide bonds. The lowest BCUT2D eigenvalue weighted by Gasteiger charge is -2.12. The lowest BCUT2D eigenvalue weighted by molar-refractivity contribution is 0.242. The van der Waals surface area contributed by atoms with Crippen LogP contribution in [0.1, 0.15) is 25.0 Å². The van der Waals surface area contributed by atoms with Gasteiger partial charge in [-0.2, -0.15) is 4.98 Å². The van der Waals surface area contributed by atoms with Crippen LogP contribution in [0, 0.1) is 13.8 Å².